The van der Waals surface area contributed by atoms with Crippen molar-refractivity contribution in [3.8, 4) is 23.0 Å². The third-order valence-corrected chi connectivity index (χ3v) is 2.58. The normalized spacial score (nSPS) is 9.26. The van der Waals surface area contributed by atoms with Crippen LogP contribution in [0.3, 0.4) is 0 Å². The Balaban J connectivity index is 2.47. The summed E-state index contributed by atoms with van der Waals surface area (Å²) < 4.78 is 0. The first-order chi connectivity index (χ1) is 9.20. The van der Waals surface area contributed by atoms with Crippen molar-refractivity contribution in [2.75, 3.05) is 0 Å². The van der Waals surface area contributed by atoms with Gasteiger partial charge in [-0.1, -0.05) is 42.3 Å². The molecule has 0 aliphatic rings. The molecule has 3 nitrogen and oxygen atoms in total. The maximum atomic E-state index is 11.1. The van der Waals surface area contributed by atoms with E-state index in [1.54, 1.807) is 18.2 Å². The highest BCUT2D eigenvalue weighted by Crippen LogP contribution is 2.23. The van der Waals surface area contributed by atoms with E-state index < -0.39 is 5.97 Å². The van der Waals surface area contributed by atoms with Crippen LogP contribution < -0.4 is 0 Å². The van der Waals surface area contributed by atoms with Gasteiger partial charge < -0.3 is 5.11 Å². The van der Waals surface area contributed by atoms with Crippen LogP contribution in [0.25, 0.3) is 11.1 Å². The summed E-state index contributed by atoms with van der Waals surface area (Å²) in [6, 6.07) is 14.6. The lowest BCUT2D eigenvalue weighted by Gasteiger charge is -2.05. The number of carboxylic acids is 1. The molecular formula is C16H10O3. The van der Waals surface area contributed by atoms with E-state index in [2.05, 4.69) is 5.92 Å². The zero-order valence-corrected chi connectivity index (χ0v) is 9.96. The molecule has 0 radical (unpaired) electrons. The zero-order valence-electron chi connectivity index (χ0n) is 9.96. The predicted octanol–water partition coefficient (Wildman–Crippen LogP) is 2.60. The van der Waals surface area contributed by atoms with E-state index in [1.807, 2.05) is 36.3 Å². The Morgan fingerprint density at radius 2 is 1.84 bits per heavy atom. The Bertz CT molecular complexity index is 676. The third-order valence-electron chi connectivity index (χ3n) is 2.58. The molecule has 0 saturated carbocycles. The minimum absolute atomic E-state index is 0.489. The minimum atomic E-state index is -1.19. The summed E-state index contributed by atoms with van der Waals surface area (Å²) in [6.45, 7) is 0. The quantitative estimate of drug-likeness (QED) is 0.658. The summed E-state index contributed by atoms with van der Waals surface area (Å²) in [7, 11) is 0. The average Bonchev–Trinajstić information content (AvgIpc) is 2.45. The molecule has 92 valence electrons. The van der Waals surface area contributed by atoms with E-state index in [9.17, 15) is 9.59 Å². The number of rotatable bonds is 2. The Kier molecular flexibility index (Phi) is 3.75. The van der Waals surface area contributed by atoms with Crippen molar-refractivity contribution in [3.05, 3.63) is 59.7 Å². The first-order valence-corrected chi connectivity index (χ1v) is 5.60. The summed E-state index contributed by atoms with van der Waals surface area (Å²) in [4.78, 5) is 21.5. The van der Waals surface area contributed by atoms with Crippen LogP contribution in [0, 0.1) is 11.8 Å². The molecule has 2 rings (SSSR count). The standard InChI is InChI=1S/C16H10O3/c17-11-14-10-12(7-9-16(18)19)6-8-15(14)13-4-2-1-3-5-13/h1-6,8,10-11H,(H,18,19). The fourth-order valence-electron chi connectivity index (χ4n) is 1.74. The Morgan fingerprint density at radius 1 is 1.11 bits per heavy atom. The fraction of sp³-hybridized carbons (Fsp3) is 0. The average molecular weight is 250 g/mol. The van der Waals surface area contributed by atoms with Gasteiger partial charge in [-0.3, -0.25) is 4.79 Å². The van der Waals surface area contributed by atoms with Gasteiger partial charge in [-0.2, -0.15) is 0 Å². The fourth-order valence-corrected chi connectivity index (χ4v) is 1.74. The van der Waals surface area contributed by atoms with E-state index in [4.69, 9.17) is 5.11 Å². The van der Waals surface area contributed by atoms with Crippen LogP contribution >= 0.6 is 0 Å². The molecule has 0 saturated heterocycles. The molecule has 0 bridgehead atoms. The van der Waals surface area contributed by atoms with Gasteiger partial charge in [-0.05, 0) is 23.3 Å². The number of aliphatic carboxylic acids is 1. The van der Waals surface area contributed by atoms with Crippen molar-refractivity contribution in [1.82, 2.24) is 0 Å². The van der Waals surface area contributed by atoms with Crippen LogP contribution in [0.15, 0.2) is 48.5 Å². The van der Waals surface area contributed by atoms with Crippen molar-refractivity contribution < 1.29 is 14.7 Å². The van der Waals surface area contributed by atoms with Gasteiger partial charge in [0.1, 0.15) is 0 Å². The maximum absolute atomic E-state index is 11.1. The van der Waals surface area contributed by atoms with Gasteiger partial charge >= 0.3 is 5.97 Å². The number of carboxylic acid groups (broad SMARTS) is 1. The molecule has 0 amide bonds. The molecule has 2 aromatic rings. The van der Waals surface area contributed by atoms with E-state index >= 15 is 0 Å². The van der Waals surface area contributed by atoms with E-state index in [-0.39, 0.29) is 0 Å². The zero-order chi connectivity index (χ0) is 13.7. The van der Waals surface area contributed by atoms with Gasteiger partial charge in [-0.15, -0.1) is 0 Å². The number of hydrogen-bond donors (Lipinski definition) is 1. The van der Waals surface area contributed by atoms with Gasteiger partial charge in [0.15, 0.2) is 6.29 Å². The summed E-state index contributed by atoms with van der Waals surface area (Å²) in [5.74, 6) is 3.32. The molecule has 0 aliphatic heterocycles. The van der Waals surface area contributed by atoms with Gasteiger partial charge in [-0.25, -0.2) is 4.79 Å². The smallest absolute Gasteiger partial charge is 0.382 e. The molecule has 3 heteroatoms. The molecule has 0 unspecified atom stereocenters. The lowest BCUT2D eigenvalue weighted by molar-refractivity contribution is -0.130. The van der Waals surface area contributed by atoms with Crippen molar-refractivity contribution >= 4 is 12.3 Å². The van der Waals surface area contributed by atoms with Crippen LogP contribution in [-0.2, 0) is 4.79 Å². The largest absolute Gasteiger partial charge is 0.472 e. The lowest BCUT2D eigenvalue weighted by atomic mass is 9.98. The molecule has 0 heterocycles. The maximum Gasteiger partial charge on any atom is 0.382 e. The van der Waals surface area contributed by atoms with E-state index in [0.29, 0.717) is 11.1 Å². The molecule has 1 N–H and O–H groups in total. The van der Waals surface area contributed by atoms with Crippen LogP contribution in [-0.4, -0.2) is 17.4 Å². The van der Waals surface area contributed by atoms with Crippen LogP contribution in [0.4, 0.5) is 0 Å². The Morgan fingerprint density at radius 3 is 2.47 bits per heavy atom. The second-order valence-electron chi connectivity index (χ2n) is 3.84. The molecule has 0 spiro atoms. The number of carbonyl (C=O) groups is 2. The molecule has 0 atom stereocenters. The molecule has 2 aromatic carbocycles. The van der Waals surface area contributed by atoms with Crippen LogP contribution in [0.2, 0.25) is 0 Å². The molecule has 0 aromatic heterocycles. The third kappa shape index (κ3) is 3.08. The van der Waals surface area contributed by atoms with Crippen molar-refractivity contribution in [2.24, 2.45) is 0 Å². The topological polar surface area (TPSA) is 54.4 Å². The first kappa shape index (κ1) is 12.6. The SMILES string of the molecule is O=Cc1cc(C#CC(=O)O)ccc1-c1ccccc1. The number of benzene rings is 2. The summed E-state index contributed by atoms with van der Waals surface area (Å²) in [6.07, 6.45) is 0.744. The van der Waals surface area contributed by atoms with Crippen LogP contribution in [0.1, 0.15) is 15.9 Å². The van der Waals surface area contributed by atoms with Crippen molar-refractivity contribution in [1.29, 1.82) is 0 Å². The minimum Gasteiger partial charge on any atom is -0.472 e. The van der Waals surface area contributed by atoms with E-state index in [0.717, 1.165) is 17.4 Å². The van der Waals surface area contributed by atoms with Crippen molar-refractivity contribution in [3.63, 3.8) is 0 Å². The number of aldehydes is 1. The highest BCUT2D eigenvalue weighted by molar-refractivity contribution is 5.89. The second kappa shape index (κ2) is 5.65. The summed E-state index contributed by atoms with van der Waals surface area (Å²) >= 11 is 0. The highest BCUT2D eigenvalue weighted by Gasteiger charge is 2.04. The van der Waals surface area contributed by atoms with Crippen molar-refractivity contribution in [2.45, 2.75) is 0 Å². The highest BCUT2D eigenvalue weighted by atomic mass is 16.4. The lowest BCUT2D eigenvalue weighted by Crippen LogP contribution is -1.91. The van der Waals surface area contributed by atoms with Gasteiger partial charge in [0.05, 0.1) is 0 Å². The summed E-state index contributed by atoms with van der Waals surface area (Å²) in [5.41, 5.74) is 2.73. The van der Waals surface area contributed by atoms with Gasteiger partial charge in [0, 0.05) is 17.0 Å². The molecule has 0 aliphatic carbocycles. The molecule has 19 heavy (non-hydrogen) atoms. The van der Waals surface area contributed by atoms with Crippen LogP contribution in [0.5, 0.6) is 0 Å². The van der Waals surface area contributed by atoms with Gasteiger partial charge in [0.2, 0.25) is 0 Å². The molecule has 0 fully saturated rings. The monoisotopic (exact) mass is 250 g/mol. The molecular weight excluding hydrogens is 240 g/mol. The second-order valence-corrected chi connectivity index (χ2v) is 3.84. The van der Waals surface area contributed by atoms with E-state index in [1.165, 1.54) is 0 Å². The summed E-state index contributed by atoms with van der Waals surface area (Å²) in [5, 5.41) is 8.49. The first-order valence-electron chi connectivity index (χ1n) is 5.60. The number of carbonyl (C=O) groups excluding carboxylic acids is 1. The Hall–Kier alpha value is -2.86. The Labute approximate surface area is 110 Å². The van der Waals surface area contributed by atoms with Gasteiger partial charge in [0.25, 0.3) is 0 Å². The number of hydrogen-bond acceptors (Lipinski definition) is 2. The predicted molar refractivity (Wildman–Crippen MR) is 71.8 cm³/mol.